The lowest BCUT2D eigenvalue weighted by atomic mass is 10.3. The average Bonchev–Trinajstić information content (AvgIpc) is 2.35. The molecule has 1 aromatic rings. The van der Waals surface area contributed by atoms with Gasteiger partial charge in [0.2, 0.25) is 10.0 Å². The molecular formula is C11H17NO4S. The van der Waals surface area contributed by atoms with E-state index in [1.165, 1.54) is 11.4 Å². The number of aliphatic hydroxyl groups excluding tert-OH is 1. The molecule has 0 aliphatic heterocycles. The number of methoxy groups -OCH3 is 1. The van der Waals surface area contributed by atoms with E-state index in [0.717, 1.165) is 0 Å². The lowest BCUT2D eigenvalue weighted by molar-refractivity contribution is 0.306. The van der Waals surface area contributed by atoms with E-state index in [1.54, 1.807) is 31.2 Å². The molecular weight excluding hydrogens is 242 g/mol. The lowest BCUT2D eigenvalue weighted by Gasteiger charge is -2.24. The summed E-state index contributed by atoms with van der Waals surface area (Å²) in [5.74, 6) is 0.448. The Balaban J connectivity index is 3.23. The molecule has 0 spiro atoms. The van der Waals surface area contributed by atoms with Crippen molar-refractivity contribution in [1.29, 1.82) is 0 Å². The highest BCUT2D eigenvalue weighted by Gasteiger charge is 2.22. The van der Waals surface area contributed by atoms with Gasteiger partial charge in [-0.05, 0) is 19.1 Å². The molecule has 0 amide bonds. The van der Waals surface area contributed by atoms with Gasteiger partial charge in [0, 0.05) is 0 Å². The van der Waals surface area contributed by atoms with Gasteiger partial charge in [0.05, 0.1) is 31.7 Å². The number of benzene rings is 1. The fourth-order valence-electron chi connectivity index (χ4n) is 1.49. The molecule has 5 nitrogen and oxygen atoms in total. The van der Waals surface area contributed by atoms with E-state index < -0.39 is 10.0 Å². The highest BCUT2D eigenvalue weighted by molar-refractivity contribution is 7.92. The third-order valence-corrected chi connectivity index (χ3v) is 4.14. The predicted molar refractivity (Wildman–Crippen MR) is 66.9 cm³/mol. The summed E-state index contributed by atoms with van der Waals surface area (Å²) in [6.45, 7) is 1.35. The van der Waals surface area contributed by atoms with Crippen LogP contribution in [0.1, 0.15) is 6.92 Å². The molecule has 1 rings (SSSR count). The molecule has 0 fully saturated rings. The summed E-state index contributed by atoms with van der Waals surface area (Å²) >= 11 is 0. The van der Waals surface area contributed by atoms with Gasteiger partial charge in [-0.25, -0.2) is 8.42 Å². The molecule has 1 N–H and O–H groups in total. The highest BCUT2D eigenvalue weighted by atomic mass is 32.2. The zero-order valence-electron chi connectivity index (χ0n) is 9.96. The zero-order chi connectivity index (χ0) is 12.9. The quantitative estimate of drug-likeness (QED) is 0.822. The number of nitrogens with zero attached hydrogens (tertiary/aromatic N) is 1. The van der Waals surface area contributed by atoms with Crippen LogP contribution in [0.15, 0.2) is 24.3 Å². The molecule has 0 bridgehead atoms. The van der Waals surface area contributed by atoms with Gasteiger partial charge in [-0.2, -0.15) is 0 Å². The molecule has 0 unspecified atom stereocenters. The van der Waals surface area contributed by atoms with Crippen LogP contribution in [0.2, 0.25) is 0 Å². The van der Waals surface area contributed by atoms with Crippen LogP contribution < -0.4 is 9.04 Å². The van der Waals surface area contributed by atoms with Crippen LogP contribution in [0.3, 0.4) is 0 Å². The van der Waals surface area contributed by atoms with E-state index in [1.807, 2.05) is 0 Å². The van der Waals surface area contributed by atoms with Crippen LogP contribution in [-0.2, 0) is 10.0 Å². The van der Waals surface area contributed by atoms with Crippen LogP contribution in [-0.4, -0.2) is 39.5 Å². The summed E-state index contributed by atoms with van der Waals surface area (Å²) < 4.78 is 30.1. The molecule has 0 atom stereocenters. The maximum atomic E-state index is 11.9. The SMILES string of the molecule is CCS(=O)(=O)N(CCO)c1ccccc1OC. The van der Waals surface area contributed by atoms with Gasteiger partial charge in [0.25, 0.3) is 0 Å². The fourth-order valence-corrected chi connectivity index (χ4v) is 2.61. The maximum Gasteiger partial charge on any atom is 0.235 e. The number of sulfonamides is 1. The average molecular weight is 259 g/mol. The van der Waals surface area contributed by atoms with E-state index in [9.17, 15) is 8.42 Å². The number of anilines is 1. The molecule has 0 radical (unpaired) electrons. The van der Waals surface area contributed by atoms with E-state index in [-0.39, 0.29) is 18.9 Å². The first kappa shape index (κ1) is 13.8. The Bertz CT molecular complexity index is 458. The number of hydrogen-bond donors (Lipinski definition) is 1. The summed E-state index contributed by atoms with van der Waals surface area (Å²) in [6, 6.07) is 6.83. The van der Waals surface area contributed by atoms with E-state index >= 15 is 0 Å². The maximum absolute atomic E-state index is 11.9. The minimum Gasteiger partial charge on any atom is -0.495 e. The molecule has 0 aromatic heterocycles. The second kappa shape index (κ2) is 5.88. The first-order valence-electron chi connectivity index (χ1n) is 5.31. The fraction of sp³-hybridized carbons (Fsp3) is 0.455. The molecule has 0 saturated heterocycles. The van der Waals surface area contributed by atoms with Crippen LogP contribution in [0.25, 0.3) is 0 Å². The third kappa shape index (κ3) is 3.10. The van der Waals surface area contributed by atoms with Gasteiger partial charge in [0.1, 0.15) is 5.75 Å². The van der Waals surface area contributed by atoms with Crippen LogP contribution >= 0.6 is 0 Å². The first-order chi connectivity index (χ1) is 8.06. The topological polar surface area (TPSA) is 66.8 Å². The number of aliphatic hydroxyl groups is 1. The van der Waals surface area contributed by atoms with Crippen molar-refractivity contribution in [1.82, 2.24) is 0 Å². The minimum atomic E-state index is -3.41. The van der Waals surface area contributed by atoms with Crippen molar-refractivity contribution in [3.8, 4) is 5.75 Å². The minimum absolute atomic E-state index is 0.0228. The number of ether oxygens (including phenoxy) is 1. The Hall–Kier alpha value is -1.27. The molecule has 0 heterocycles. The van der Waals surface area contributed by atoms with Crippen molar-refractivity contribution in [2.75, 3.05) is 30.3 Å². The summed E-state index contributed by atoms with van der Waals surface area (Å²) in [7, 11) is -1.93. The Kier molecular flexibility index (Phi) is 4.77. The van der Waals surface area contributed by atoms with Gasteiger partial charge < -0.3 is 9.84 Å². The Morgan fingerprint density at radius 1 is 1.35 bits per heavy atom. The smallest absolute Gasteiger partial charge is 0.235 e. The van der Waals surface area contributed by atoms with E-state index in [2.05, 4.69) is 0 Å². The van der Waals surface area contributed by atoms with Crippen molar-refractivity contribution in [2.24, 2.45) is 0 Å². The van der Waals surface area contributed by atoms with Gasteiger partial charge in [-0.1, -0.05) is 12.1 Å². The predicted octanol–water partition coefficient (Wildman–Crippen LogP) is 0.844. The largest absolute Gasteiger partial charge is 0.495 e. The molecule has 0 aliphatic carbocycles. The highest BCUT2D eigenvalue weighted by Crippen LogP contribution is 2.29. The molecule has 0 saturated carbocycles. The molecule has 0 aliphatic rings. The van der Waals surface area contributed by atoms with E-state index in [0.29, 0.717) is 11.4 Å². The molecule has 6 heteroatoms. The zero-order valence-corrected chi connectivity index (χ0v) is 10.8. The second-order valence-corrected chi connectivity index (χ2v) is 5.55. The lowest BCUT2D eigenvalue weighted by Crippen LogP contribution is -2.35. The Morgan fingerprint density at radius 2 is 2.00 bits per heavy atom. The molecule has 96 valence electrons. The summed E-state index contributed by atoms with van der Waals surface area (Å²) in [6.07, 6.45) is 0. The van der Waals surface area contributed by atoms with Gasteiger partial charge >= 0.3 is 0 Å². The number of para-hydroxylation sites is 2. The van der Waals surface area contributed by atoms with E-state index in [4.69, 9.17) is 9.84 Å². The van der Waals surface area contributed by atoms with Crippen LogP contribution in [0.5, 0.6) is 5.75 Å². The second-order valence-electron chi connectivity index (χ2n) is 3.37. The Labute approximate surface area is 102 Å². The van der Waals surface area contributed by atoms with Gasteiger partial charge in [-0.3, -0.25) is 4.31 Å². The normalized spacial score (nSPS) is 11.2. The standard InChI is InChI=1S/C11H17NO4S/c1-3-17(14,15)12(8-9-13)10-6-4-5-7-11(10)16-2/h4-7,13H,3,8-9H2,1-2H3. The third-order valence-electron chi connectivity index (χ3n) is 2.36. The Morgan fingerprint density at radius 3 is 2.53 bits per heavy atom. The van der Waals surface area contributed by atoms with Crippen molar-refractivity contribution in [3.63, 3.8) is 0 Å². The summed E-state index contributed by atoms with van der Waals surface area (Å²) in [5, 5.41) is 8.97. The number of rotatable bonds is 6. The van der Waals surface area contributed by atoms with Crippen LogP contribution in [0.4, 0.5) is 5.69 Å². The van der Waals surface area contributed by atoms with Crippen molar-refractivity contribution in [3.05, 3.63) is 24.3 Å². The summed E-state index contributed by atoms with van der Waals surface area (Å²) in [5.41, 5.74) is 0.450. The molecule has 1 aromatic carbocycles. The van der Waals surface area contributed by atoms with Gasteiger partial charge in [-0.15, -0.1) is 0 Å². The number of hydrogen-bond acceptors (Lipinski definition) is 4. The van der Waals surface area contributed by atoms with Crippen molar-refractivity contribution >= 4 is 15.7 Å². The van der Waals surface area contributed by atoms with Gasteiger partial charge in [0.15, 0.2) is 0 Å². The monoisotopic (exact) mass is 259 g/mol. The van der Waals surface area contributed by atoms with Crippen LogP contribution in [0, 0.1) is 0 Å². The van der Waals surface area contributed by atoms with Crippen molar-refractivity contribution < 1.29 is 18.3 Å². The first-order valence-corrected chi connectivity index (χ1v) is 6.92. The summed E-state index contributed by atoms with van der Waals surface area (Å²) in [4.78, 5) is 0. The molecule has 17 heavy (non-hydrogen) atoms. The van der Waals surface area contributed by atoms with Crippen molar-refractivity contribution in [2.45, 2.75) is 6.92 Å².